The summed E-state index contributed by atoms with van der Waals surface area (Å²) in [7, 11) is 0. The Morgan fingerprint density at radius 3 is 2.08 bits per heavy atom. The molecular formula is C16H30F3NO4. The van der Waals surface area contributed by atoms with Gasteiger partial charge in [0.15, 0.2) is 0 Å². The zero-order chi connectivity index (χ0) is 19.0. The number of hydrogen-bond donors (Lipinski definition) is 4. The van der Waals surface area contributed by atoms with Crippen molar-refractivity contribution in [1.29, 1.82) is 0 Å². The first-order valence-corrected chi connectivity index (χ1v) is 8.39. The molecule has 0 aromatic carbocycles. The molecular weight excluding hydrogens is 327 g/mol. The Hall–Kier alpha value is -0.860. The van der Waals surface area contributed by atoms with Gasteiger partial charge in [0.2, 0.25) is 0 Å². The van der Waals surface area contributed by atoms with E-state index in [1.807, 2.05) is 6.92 Å². The third-order valence-electron chi connectivity index (χ3n) is 4.54. The van der Waals surface area contributed by atoms with E-state index < -0.39 is 23.9 Å². The fraction of sp³-hybridized carbons (Fsp3) is 0.938. The van der Waals surface area contributed by atoms with Crippen LogP contribution in [0.15, 0.2) is 0 Å². The van der Waals surface area contributed by atoms with Crippen LogP contribution >= 0.6 is 0 Å². The SMILES string of the molecule is CCC[C@H](O)[C@](C)(O)[C@@H](N)CC1CCCCC1.O=C(O)C(F)(F)F. The van der Waals surface area contributed by atoms with Crippen LogP contribution in [-0.4, -0.2) is 45.2 Å². The molecule has 3 atom stereocenters. The van der Waals surface area contributed by atoms with Gasteiger partial charge in [0.25, 0.3) is 0 Å². The van der Waals surface area contributed by atoms with E-state index in [2.05, 4.69) is 0 Å². The third-order valence-corrected chi connectivity index (χ3v) is 4.54. The molecule has 1 aliphatic rings. The van der Waals surface area contributed by atoms with Crippen LogP contribution in [0.3, 0.4) is 0 Å². The molecule has 0 unspecified atom stereocenters. The zero-order valence-corrected chi connectivity index (χ0v) is 14.4. The minimum atomic E-state index is -5.08. The van der Waals surface area contributed by atoms with Crippen molar-refractivity contribution in [3.05, 3.63) is 0 Å². The highest BCUT2D eigenvalue weighted by molar-refractivity contribution is 5.73. The van der Waals surface area contributed by atoms with Gasteiger partial charge in [-0.2, -0.15) is 13.2 Å². The van der Waals surface area contributed by atoms with Gasteiger partial charge in [-0.3, -0.25) is 0 Å². The van der Waals surface area contributed by atoms with Gasteiger partial charge in [-0.15, -0.1) is 0 Å². The molecule has 1 fully saturated rings. The first kappa shape index (κ1) is 23.1. The maximum absolute atomic E-state index is 10.6. The van der Waals surface area contributed by atoms with Crippen LogP contribution in [0.2, 0.25) is 0 Å². The number of carbonyl (C=O) groups is 1. The van der Waals surface area contributed by atoms with Crippen LogP contribution < -0.4 is 5.73 Å². The van der Waals surface area contributed by atoms with Crippen molar-refractivity contribution >= 4 is 5.97 Å². The van der Waals surface area contributed by atoms with Gasteiger partial charge in [0.1, 0.15) is 5.60 Å². The number of carboxylic acids is 1. The van der Waals surface area contributed by atoms with Crippen molar-refractivity contribution in [3.63, 3.8) is 0 Å². The molecule has 0 radical (unpaired) electrons. The molecule has 0 saturated heterocycles. The maximum atomic E-state index is 10.6. The molecule has 0 heterocycles. The number of aliphatic hydroxyl groups is 2. The number of hydrogen-bond acceptors (Lipinski definition) is 4. The second-order valence-corrected chi connectivity index (χ2v) is 6.68. The standard InChI is InChI=1S/C14H29NO2.C2HF3O2/c1-3-7-13(16)14(2,17)12(15)10-11-8-5-4-6-9-11;3-2(4,5)1(6)7/h11-13,16-17H,3-10,15H2,1-2H3;(H,6,7)/t12-,13-,14+;/m0./s1. The van der Waals surface area contributed by atoms with E-state index in [0.717, 1.165) is 12.8 Å². The number of aliphatic hydroxyl groups excluding tert-OH is 1. The predicted octanol–water partition coefficient (Wildman–Crippen LogP) is 2.83. The highest BCUT2D eigenvalue weighted by Crippen LogP contribution is 2.30. The maximum Gasteiger partial charge on any atom is 0.490 e. The molecule has 5 nitrogen and oxygen atoms in total. The lowest BCUT2D eigenvalue weighted by molar-refractivity contribution is -0.192. The molecule has 8 heteroatoms. The van der Waals surface area contributed by atoms with Crippen LogP contribution in [0.4, 0.5) is 13.2 Å². The Labute approximate surface area is 141 Å². The van der Waals surface area contributed by atoms with Gasteiger partial charge in [-0.05, 0) is 25.7 Å². The summed E-state index contributed by atoms with van der Waals surface area (Å²) in [6.07, 6.45) is 2.91. The lowest BCUT2D eigenvalue weighted by Gasteiger charge is -2.37. The van der Waals surface area contributed by atoms with Gasteiger partial charge in [-0.1, -0.05) is 45.4 Å². The molecule has 0 aromatic rings. The van der Waals surface area contributed by atoms with Crippen molar-refractivity contribution in [2.45, 2.75) is 89.1 Å². The fourth-order valence-electron chi connectivity index (χ4n) is 2.83. The second kappa shape index (κ2) is 10.2. The van der Waals surface area contributed by atoms with Gasteiger partial charge >= 0.3 is 12.1 Å². The Bertz CT molecular complexity index is 369. The Balaban J connectivity index is 0.000000640. The summed E-state index contributed by atoms with van der Waals surface area (Å²) in [5, 5.41) is 27.4. The molecule has 1 aliphatic carbocycles. The highest BCUT2D eigenvalue weighted by atomic mass is 19.4. The van der Waals surface area contributed by atoms with Crippen molar-refractivity contribution in [2.75, 3.05) is 0 Å². The summed E-state index contributed by atoms with van der Waals surface area (Å²) < 4.78 is 31.7. The molecule has 5 N–H and O–H groups in total. The topological polar surface area (TPSA) is 104 Å². The van der Waals surface area contributed by atoms with E-state index >= 15 is 0 Å². The van der Waals surface area contributed by atoms with Crippen molar-refractivity contribution < 1.29 is 33.3 Å². The van der Waals surface area contributed by atoms with Crippen LogP contribution in [0.25, 0.3) is 0 Å². The quantitative estimate of drug-likeness (QED) is 0.585. The van der Waals surface area contributed by atoms with Gasteiger partial charge in [0, 0.05) is 6.04 Å². The highest BCUT2D eigenvalue weighted by Gasteiger charge is 2.38. The van der Waals surface area contributed by atoms with Crippen molar-refractivity contribution in [2.24, 2.45) is 11.7 Å². The van der Waals surface area contributed by atoms with E-state index in [9.17, 15) is 23.4 Å². The average Bonchev–Trinajstić information content (AvgIpc) is 2.48. The Morgan fingerprint density at radius 1 is 1.25 bits per heavy atom. The zero-order valence-electron chi connectivity index (χ0n) is 14.4. The Morgan fingerprint density at radius 2 is 1.71 bits per heavy atom. The number of aliphatic carboxylic acids is 1. The summed E-state index contributed by atoms with van der Waals surface area (Å²) >= 11 is 0. The summed E-state index contributed by atoms with van der Waals surface area (Å²) in [5.74, 6) is -2.12. The van der Waals surface area contributed by atoms with Crippen LogP contribution in [0, 0.1) is 5.92 Å². The van der Waals surface area contributed by atoms with E-state index in [-0.39, 0.29) is 6.04 Å². The van der Waals surface area contributed by atoms with Crippen LogP contribution in [-0.2, 0) is 4.79 Å². The largest absolute Gasteiger partial charge is 0.490 e. The normalized spacial score (nSPS) is 21.2. The molecule has 24 heavy (non-hydrogen) atoms. The molecule has 144 valence electrons. The lowest BCUT2D eigenvalue weighted by Crippen LogP contribution is -2.54. The molecule has 0 aromatic heterocycles. The van der Waals surface area contributed by atoms with E-state index in [1.54, 1.807) is 6.92 Å². The smallest absolute Gasteiger partial charge is 0.475 e. The first-order chi connectivity index (χ1) is 10.9. The molecule has 0 spiro atoms. The monoisotopic (exact) mass is 357 g/mol. The number of rotatable bonds is 6. The molecule has 0 amide bonds. The number of alkyl halides is 3. The first-order valence-electron chi connectivity index (χ1n) is 8.39. The fourth-order valence-corrected chi connectivity index (χ4v) is 2.83. The Kier molecular flexibility index (Phi) is 9.84. The number of halogens is 3. The van der Waals surface area contributed by atoms with Crippen molar-refractivity contribution in [1.82, 2.24) is 0 Å². The number of carboxylic acid groups (broad SMARTS) is 1. The lowest BCUT2D eigenvalue weighted by atomic mass is 9.78. The molecule has 1 rings (SSSR count). The molecule has 0 aliphatic heterocycles. The summed E-state index contributed by atoms with van der Waals surface area (Å²) in [6, 6.07) is -0.313. The van der Waals surface area contributed by atoms with Gasteiger partial charge in [0.05, 0.1) is 6.10 Å². The summed E-state index contributed by atoms with van der Waals surface area (Å²) in [5.41, 5.74) is 4.96. The minimum Gasteiger partial charge on any atom is -0.475 e. The van der Waals surface area contributed by atoms with Crippen molar-refractivity contribution in [3.8, 4) is 0 Å². The average molecular weight is 357 g/mol. The summed E-state index contributed by atoms with van der Waals surface area (Å²) in [6.45, 7) is 3.69. The molecule has 1 saturated carbocycles. The predicted molar refractivity (Wildman–Crippen MR) is 84.4 cm³/mol. The van der Waals surface area contributed by atoms with E-state index in [1.165, 1.54) is 32.1 Å². The number of nitrogens with two attached hydrogens (primary N) is 1. The van der Waals surface area contributed by atoms with Crippen LogP contribution in [0.1, 0.15) is 65.2 Å². The van der Waals surface area contributed by atoms with Crippen LogP contribution in [0.5, 0.6) is 0 Å². The minimum absolute atomic E-state index is 0.313. The second-order valence-electron chi connectivity index (χ2n) is 6.68. The van der Waals surface area contributed by atoms with Gasteiger partial charge in [-0.25, -0.2) is 4.79 Å². The van der Waals surface area contributed by atoms with Gasteiger partial charge < -0.3 is 21.1 Å². The third kappa shape index (κ3) is 8.30. The van der Waals surface area contributed by atoms with E-state index in [4.69, 9.17) is 15.6 Å². The summed E-state index contributed by atoms with van der Waals surface area (Å²) in [4.78, 5) is 8.90. The molecule has 0 bridgehead atoms. The van der Waals surface area contributed by atoms with E-state index in [0.29, 0.717) is 12.3 Å².